The highest BCUT2D eigenvalue weighted by molar-refractivity contribution is 5.92. The van der Waals surface area contributed by atoms with Crippen molar-refractivity contribution in [1.29, 1.82) is 0 Å². The smallest absolute Gasteiger partial charge is 0.416 e. The highest BCUT2D eigenvalue weighted by atomic mass is 19.4. The number of rotatable bonds is 9. The lowest BCUT2D eigenvalue weighted by Gasteiger charge is -2.30. The zero-order valence-electron chi connectivity index (χ0n) is 21.4. The first-order valence-electron chi connectivity index (χ1n) is 12.7. The Morgan fingerprint density at radius 1 is 1.10 bits per heavy atom. The number of carbonyl (C=O) groups excluding carboxylic acids is 2. The summed E-state index contributed by atoms with van der Waals surface area (Å²) >= 11 is 0. The predicted octanol–water partition coefficient (Wildman–Crippen LogP) is 5.45. The number of esters is 1. The Hall–Kier alpha value is -3.73. The summed E-state index contributed by atoms with van der Waals surface area (Å²) in [6.07, 6.45) is -2.05. The molecular formula is C28H29F4N3O4. The summed E-state index contributed by atoms with van der Waals surface area (Å²) in [5, 5.41) is 0. The van der Waals surface area contributed by atoms with E-state index in [-0.39, 0.29) is 55.9 Å². The van der Waals surface area contributed by atoms with Gasteiger partial charge in [-0.2, -0.15) is 13.2 Å². The van der Waals surface area contributed by atoms with Gasteiger partial charge >= 0.3 is 12.1 Å². The van der Waals surface area contributed by atoms with E-state index in [1.807, 2.05) is 0 Å². The minimum Gasteiger partial charge on any atom is -0.466 e. The van der Waals surface area contributed by atoms with Crippen molar-refractivity contribution in [1.82, 2.24) is 14.8 Å². The van der Waals surface area contributed by atoms with Gasteiger partial charge in [-0.1, -0.05) is 30.3 Å². The van der Waals surface area contributed by atoms with E-state index in [4.69, 9.17) is 9.15 Å². The first-order valence-corrected chi connectivity index (χ1v) is 12.7. The van der Waals surface area contributed by atoms with Crippen molar-refractivity contribution in [3.8, 4) is 0 Å². The first-order chi connectivity index (χ1) is 18.6. The maximum absolute atomic E-state index is 13.6. The van der Waals surface area contributed by atoms with Crippen molar-refractivity contribution in [2.24, 2.45) is 5.92 Å². The van der Waals surface area contributed by atoms with E-state index in [0.29, 0.717) is 24.9 Å². The second-order valence-corrected chi connectivity index (χ2v) is 9.40. The minimum absolute atomic E-state index is 0.00228. The summed E-state index contributed by atoms with van der Waals surface area (Å²) in [6, 6.07) is 11.0. The number of ether oxygens (including phenoxy) is 1. The lowest BCUT2D eigenvalue weighted by atomic mass is 9.98. The molecule has 1 amide bonds. The van der Waals surface area contributed by atoms with E-state index in [1.54, 1.807) is 24.0 Å². The third-order valence-electron chi connectivity index (χ3n) is 6.49. The van der Waals surface area contributed by atoms with Crippen molar-refractivity contribution in [2.45, 2.75) is 45.6 Å². The van der Waals surface area contributed by atoms with Gasteiger partial charge in [-0.05, 0) is 49.1 Å². The van der Waals surface area contributed by atoms with Gasteiger partial charge in [0.2, 0.25) is 5.89 Å². The number of piperidine rings is 1. The van der Waals surface area contributed by atoms with Crippen molar-refractivity contribution in [3.05, 3.63) is 88.9 Å². The molecule has 11 heteroatoms. The summed E-state index contributed by atoms with van der Waals surface area (Å²) in [7, 11) is 0. The van der Waals surface area contributed by atoms with Crippen LogP contribution < -0.4 is 0 Å². The van der Waals surface area contributed by atoms with Crippen LogP contribution in [0.5, 0.6) is 0 Å². The molecule has 0 aliphatic carbocycles. The molecule has 1 aliphatic rings. The highest BCUT2D eigenvalue weighted by Crippen LogP contribution is 2.33. The number of hydrogen-bond donors (Lipinski definition) is 0. The molecule has 4 rings (SSSR count). The van der Waals surface area contributed by atoms with E-state index >= 15 is 0 Å². The molecule has 1 aliphatic heterocycles. The quantitative estimate of drug-likeness (QED) is 0.262. The Bertz CT molecular complexity index is 1280. The number of alkyl halides is 3. The standard InChI is InChI=1S/C28H29F4N3O4/c1-2-38-27(37)21-7-5-13-35(16-21)26(36)24-18-39-25(33-24)17-34(14-19-9-11-22(29)12-10-19)15-20-6-3-4-8-23(20)28(30,31)32/h3-4,6,8-12,18,21H,2,5,7,13-17H2,1H3. The average molecular weight is 548 g/mol. The van der Waals surface area contributed by atoms with Crippen molar-refractivity contribution in [3.63, 3.8) is 0 Å². The van der Waals surface area contributed by atoms with Gasteiger partial charge in [0.1, 0.15) is 12.1 Å². The van der Waals surface area contributed by atoms with Gasteiger partial charge in [-0.25, -0.2) is 9.37 Å². The molecule has 0 bridgehead atoms. The monoisotopic (exact) mass is 547 g/mol. The Morgan fingerprint density at radius 3 is 2.56 bits per heavy atom. The molecule has 39 heavy (non-hydrogen) atoms. The number of benzene rings is 2. The first kappa shape index (κ1) is 28.3. The predicted molar refractivity (Wildman–Crippen MR) is 133 cm³/mol. The van der Waals surface area contributed by atoms with E-state index in [0.717, 1.165) is 6.07 Å². The molecular weight excluding hydrogens is 518 g/mol. The fourth-order valence-electron chi connectivity index (χ4n) is 4.64. The summed E-state index contributed by atoms with van der Waals surface area (Å²) in [4.78, 5) is 32.7. The molecule has 3 aromatic rings. The van der Waals surface area contributed by atoms with Crippen LogP contribution in [-0.2, 0) is 35.3 Å². The molecule has 2 aromatic carbocycles. The molecule has 1 atom stereocenters. The maximum Gasteiger partial charge on any atom is 0.416 e. The van der Waals surface area contributed by atoms with Crippen LogP contribution in [0, 0.1) is 11.7 Å². The van der Waals surface area contributed by atoms with Crippen molar-refractivity contribution >= 4 is 11.9 Å². The second kappa shape index (κ2) is 12.4. The number of likely N-dealkylation sites (tertiary alicyclic amines) is 1. The average Bonchev–Trinajstić information content (AvgIpc) is 3.38. The fraction of sp³-hybridized carbons (Fsp3) is 0.393. The fourth-order valence-corrected chi connectivity index (χ4v) is 4.64. The molecule has 7 nitrogen and oxygen atoms in total. The van der Waals surface area contributed by atoms with E-state index < -0.39 is 29.4 Å². The van der Waals surface area contributed by atoms with Crippen LogP contribution in [0.25, 0.3) is 0 Å². The highest BCUT2D eigenvalue weighted by Gasteiger charge is 2.34. The lowest BCUT2D eigenvalue weighted by molar-refractivity contribution is -0.149. The largest absolute Gasteiger partial charge is 0.466 e. The van der Waals surface area contributed by atoms with Crippen molar-refractivity contribution < 1.29 is 36.3 Å². The van der Waals surface area contributed by atoms with Crippen LogP contribution in [0.2, 0.25) is 0 Å². The number of aromatic nitrogens is 1. The van der Waals surface area contributed by atoms with Crippen molar-refractivity contribution in [2.75, 3.05) is 19.7 Å². The SMILES string of the molecule is CCOC(=O)C1CCCN(C(=O)c2coc(CN(Cc3ccc(F)cc3)Cc3ccccc3C(F)(F)F)n2)C1. The van der Waals surface area contributed by atoms with Gasteiger partial charge < -0.3 is 14.1 Å². The molecule has 1 aromatic heterocycles. The molecule has 1 unspecified atom stereocenters. The molecule has 208 valence electrons. The summed E-state index contributed by atoms with van der Waals surface area (Å²) in [6.45, 7) is 2.76. The van der Waals surface area contributed by atoms with Crippen LogP contribution in [0.4, 0.5) is 17.6 Å². The number of amides is 1. The number of oxazole rings is 1. The number of nitrogens with zero attached hydrogens (tertiary/aromatic N) is 3. The van der Waals surface area contributed by atoms with Gasteiger partial charge in [0.25, 0.3) is 5.91 Å². The number of hydrogen-bond acceptors (Lipinski definition) is 6. The number of halogens is 4. The maximum atomic E-state index is 13.6. The Kier molecular flexibility index (Phi) is 9.01. The van der Waals surface area contributed by atoms with Crippen LogP contribution in [0.1, 0.15) is 52.8 Å². The van der Waals surface area contributed by atoms with E-state index in [9.17, 15) is 27.2 Å². The van der Waals surface area contributed by atoms with Crippen LogP contribution in [0.15, 0.2) is 59.2 Å². The third-order valence-corrected chi connectivity index (χ3v) is 6.49. The summed E-state index contributed by atoms with van der Waals surface area (Å²) in [5.41, 5.74) is 0.0425. The van der Waals surface area contributed by atoms with Crippen LogP contribution >= 0.6 is 0 Å². The number of carbonyl (C=O) groups is 2. The lowest BCUT2D eigenvalue weighted by Crippen LogP contribution is -2.43. The van der Waals surface area contributed by atoms with Gasteiger partial charge in [0.05, 0.1) is 24.6 Å². The third kappa shape index (κ3) is 7.44. The van der Waals surface area contributed by atoms with Gasteiger partial charge in [-0.15, -0.1) is 0 Å². The van der Waals surface area contributed by atoms with Crippen LogP contribution in [0.3, 0.4) is 0 Å². The van der Waals surface area contributed by atoms with Crippen LogP contribution in [-0.4, -0.2) is 46.4 Å². The summed E-state index contributed by atoms with van der Waals surface area (Å²) in [5.74, 6) is -1.43. The normalized spacial score (nSPS) is 15.9. The topological polar surface area (TPSA) is 75.9 Å². The van der Waals surface area contributed by atoms with E-state index in [1.165, 1.54) is 41.5 Å². The minimum atomic E-state index is -4.53. The van der Waals surface area contributed by atoms with Gasteiger partial charge in [0, 0.05) is 26.2 Å². The second-order valence-electron chi connectivity index (χ2n) is 9.40. The Labute approximate surface area is 223 Å². The molecule has 0 N–H and O–H groups in total. The molecule has 1 fully saturated rings. The molecule has 0 saturated carbocycles. The molecule has 0 radical (unpaired) electrons. The zero-order chi connectivity index (χ0) is 28.0. The van der Waals surface area contributed by atoms with E-state index in [2.05, 4.69) is 4.98 Å². The zero-order valence-corrected chi connectivity index (χ0v) is 21.4. The van der Waals surface area contributed by atoms with Gasteiger partial charge in [-0.3, -0.25) is 14.5 Å². The molecule has 1 saturated heterocycles. The Morgan fingerprint density at radius 2 is 1.85 bits per heavy atom. The molecule has 0 spiro atoms. The Balaban J connectivity index is 1.51. The molecule has 2 heterocycles. The van der Waals surface area contributed by atoms with Gasteiger partial charge in [0.15, 0.2) is 5.69 Å². The summed E-state index contributed by atoms with van der Waals surface area (Å²) < 4.78 is 64.9.